The molecule has 6 heteroatoms. The lowest BCUT2D eigenvalue weighted by atomic mass is 10.2. The Morgan fingerprint density at radius 3 is 2.45 bits per heavy atom. The highest BCUT2D eigenvalue weighted by atomic mass is 32.1. The fourth-order valence-electron chi connectivity index (χ4n) is 2.66. The highest BCUT2D eigenvalue weighted by Gasteiger charge is 2.23. The maximum Gasteiger partial charge on any atom is 0.266 e. The molecule has 122 valence electrons. The van der Waals surface area contributed by atoms with Gasteiger partial charge in [-0.3, -0.25) is 4.79 Å². The summed E-state index contributed by atoms with van der Waals surface area (Å²) in [5, 5.41) is 5.16. The van der Waals surface area contributed by atoms with Gasteiger partial charge in [-0.15, -0.1) is 11.3 Å². The molecule has 2 rings (SSSR count). The zero-order chi connectivity index (χ0) is 16.1. The number of amides is 1. The molecule has 0 radical (unpaired) electrons. The van der Waals surface area contributed by atoms with Crippen molar-refractivity contribution in [3.05, 3.63) is 15.6 Å². The number of hydrogen-bond donors (Lipinski definition) is 0. The quantitative estimate of drug-likeness (QED) is 0.631. The van der Waals surface area contributed by atoms with Crippen molar-refractivity contribution in [1.29, 1.82) is 0 Å². The predicted molar refractivity (Wildman–Crippen MR) is 89.4 cm³/mol. The average molecular weight is 323 g/mol. The molecular formula is C16H25N3O2S. The molecule has 1 fully saturated rings. The Morgan fingerprint density at radius 1 is 1.27 bits per heavy atom. The zero-order valence-electron chi connectivity index (χ0n) is 13.9. The normalized spacial score (nSPS) is 18.0. The Morgan fingerprint density at radius 2 is 1.91 bits per heavy atom. The number of aromatic nitrogens is 1. The second kappa shape index (κ2) is 7.72. The second-order valence-corrected chi connectivity index (χ2v) is 7.01. The van der Waals surface area contributed by atoms with E-state index in [2.05, 4.69) is 10.1 Å². The van der Waals surface area contributed by atoms with Crippen molar-refractivity contribution in [3.8, 4) is 0 Å². The molecule has 0 aromatic carbocycles. The topological polar surface area (TPSA) is 54.8 Å². The first-order valence-electron chi connectivity index (χ1n) is 7.92. The minimum Gasteiger partial charge on any atom is -0.382 e. The first-order chi connectivity index (χ1) is 10.5. The third-order valence-electron chi connectivity index (χ3n) is 3.85. The largest absolute Gasteiger partial charge is 0.382 e. The van der Waals surface area contributed by atoms with E-state index < -0.39 is 6.10 Å². The molecule has 0 aliphatic carbocycles. The van der Waals surface area contributed by atoms with Crippen molar-refractivity contribution in [1.82, 2.24) is 9.88 Å². The Bertz CT molecular complexity index is 546. The van der Waals surface area contributed by atoms with Crippen LogP contribution in [-0.4, -0.2) is 40.7 Å². The summed E-state index contributed by atoms with van der Waals surface area (Å²) in [5.41, 5.74) is 1.73. The van der Waals surface area contributed by atoms with Crippen LogP contribution in [0.2, 0.25) is 0 Å². The third kappa shape index (κ3) is 4.29. The molecule has 0 N–H and O–H groups in total. The lowest BCUT2D eigenvalue weighted by molar-refractivity contribution is -0.142. The Balaban J connectivity index is 1.95. The zero-order valence-corrected chi connectivity index (χ0v) is 14.7. The Kier molecular flexibility index (Phi) is 5.94. The minimum atomic E-state index is -0.539. The van der Waals surface area contributed by atoms with Crippen LogP contribution in [0.3, 0.4) is 0 Å². The van der Waals surface area contributed by atoms with Crippen LogP contribution in [0.1, 0.15) is 55.1 Å². The summed E-state index contributed by atoms with van der Waals surface area (Å²) in [4.78, 5) is 25.2. The molecule has 22 heavy (non-hydrogen) atoms. The van der Waals surface area contributed by atoms with Gasteiger partial charge >= 0.3 is 0 Å². The molecule has 0 bridgehead atoms. The van der Waals surface area contributed by atoms with E-state index in [4.69, 9.17) is 4.84 Å². The third-order valence-corrected chi connectivity index (χ3v) is 5.03. The van der Waals surface area contributed by atoms with Gasteiger partial charge in [0.05, 0.1) is 21.3 Å². The van der Waals surface area contributed by atoms with E-state index in [1.165, 1.54) is 12.8 Å². The number of oxime groups is 1. The highest BCUT2D eigenvalue weighted by Crippen LogP contribution is 2.18. The van der Waals surface area contributed by atoms with E-state index in [0.717, 1.165) is 47.2 Å². The molecule has 1 aliphatic rings. The summed E-state index contributed by atoms with van der Waals surface area (Å²) in [7, 11) is 0. The number of rotatable bonds is 4. The van der Waals surface area contributed by atoms with Gasteiger partial charge in [-0.1, -0.05) is 18.0 Å². The van der Waals surface area contributed by atoms with Gasteiger partial charge in [0.15, 0.2) is 0 Å². The summed E-state index contributed by atoms with van der Waals surface area (Å²) < 4.78 is 0. The number of carbonyl (C=O) groups is 1. The first kappa shape index (κ1) is 16.9. The van der Waals surface area contributed by atoms with Crippen LogP contribution < -0.4 is 0 Å². The molecule has 1 saturated heterocycles. The molecular weight excluding hydrogens is 298 g/mol. The fourth-order valence-corrected chi connectivity index (χ4v) is 3.52. The number of nitrogens with zero attached hydrogens (tertiary/aromatic N) is 3. The van der Waals surface area contributed by atoms with Crippen molar-refractivity contribution in [2.45, 2.75) is 59.5 Å². The molecule has 0 saturated carbocycles. The van der Waals surface area contributed by atoms with E-state index in [-0.39, 0.29) is 5.91 Å². The van der Waals surface area contributed by atoms with Gasteiger partial charge < -0.3 is 9.74 Å². The molecule has 0 spiro atoms. The summed E-state index contributed by atoms with van der Waals surface area (Å²) >= 11 is 1.60. The monoisotopic (exact) mass is 323 g/mol. The number of likely N-dealkylation sites (tertiary alicyclic amines) is 1. The molecule has 1 amide bonds. The van der Waals surface area contributed by atoms with Crippen LogP contribution in [0, 0.1) is 13.8 Å². The lowest BCUT2D eigenvalue weighted by Gasteiger charge is -2.22. The van der Waals surface area contributed by atoms with Crippen LogP contribution in [0.15, 0.2) is 5.16 Å². The van der Waals surface area contributed by atoms with Crippen LogP contribution in [0.4, 0.5) is 0 Å². The fraction of sp³-hybridized carbons (Fsp3) is 0.688. The van der Waals surface area contributed by atoms with Crippen molar-refractivity contribution in [3.63, 3.8) is 0 Å². The van der Waals surface area contributed by atoms with Gasteiger partial charge in [0.2, 0.25) is 6.10 Å². The number of hydrogen-bond acceptors (Lipinski definition) is 5. The molecule has 0 unspecified atom stereocenters. The van der Waals surface area contributed by atoms with E-state index >= 15 is 0 Å². The van der Waals surface area contributed by atoms with E-state index in [0.29, 0.717) is 0 Å². The van der Waals surface area contributed by atoms with Crippen molar-refractivity contribution in [2.75, 3.05) is 13.1 Å². The Hall–Kier alpha value is -1.43. The second-order valence-electron chi connectivity index (χ2n) is 5.81. The summed E-state index contributed by atoms with van der Waals surface area (Å²) in [5.74, 6) is 0.0376. The summed E-state index contributed by atoms with van der Waals surface area (Å²) in [6.45, 7) is 9.27. The van der Waals surface area contributed by atoms with E-state index in [1.807, 2.05) is 25.7 Å². The van der Waals surface area contributed by atoms with Gasteiger partial charge in [-0.25, -0.2) is 4.98 Å². The van der Waals surface area contributed by atoms with Crippen LogP contribution in [-0.2, 0) is 9.63 Å². The molecule has 1 atom stereocenters. The summed E-state index contributed by atoms with van der Waals surface area (Å²) in [6.07, 6.45) is 4.04. The maximum atomic E-state index is 12.4. The maximum absolute atomic E-state index is 12.4. The van der Waals surface area contributed by atoms with Crippen LogP contribution >= 0.6 is 11.3 Å². The van der Waals surface area contributed by atoms with Gasteiger partial charge in [0.1, 0.15) is 0 Å². The van der Waals surface area contributed by atoms with E-state index in [1.54, 1.807) is 18.3 Å². The smallest absolute Gasteiger partial charge is 0.266 e. The summed E-state index contributed by atoms with van der Waals surface area (Å²) in [6, 6.07) is 0. The van der Waals surface area contributed by atoms with Crippen LogP contribution in [0.25, 0.3) is 0 Å². The van der Waals surface area contributed by atoms with E-state index in [9.17, 15) is 4.79 Å². The molecule has 2 heterocycles. The SMILES string of the molecule is CC(=NO[C@@H](C)C(=O)N1CCCCCC1)c1sc(C)nc1C. The lowest BCUT2D eigenvalue weighted by Crippen LogP contribution is -2.39. The van der Waals surface area contributed by atoms with Crippen LogP contribution in [0.5, 0.6) is 0 Å². The van der Waals surface area contributed by atoms with Gasteiger partial charge in [-0.2, -0.15) is 0 Å². The average Bonchev–Trinajstić information content (AvgIpc) is 2.71. The van der Waals surface area contributed by atoms with Gasteiger partial charge in [0.25, 0.3) is 5.91 Å². The number of thiazole rings is 1. The van der Waals surface area contributed by atoms with Crippen molar-refractivity contribution < 1.29 is 9.63 Å². The number of aryl methyl sites for hydroxylation is 2. The van der Waals surface area contributed by atoms with Gasteiger partial charge in [-0.05, 0) is 40.5 Å². The molecule has 1 aliphatic heterocycles. The molecule has 5 nitrogen and oxygen atoms in total. The first-order valence-corrected chi connectivity index (χ1v) is 8.74. The standard InChI is InChI=1S/C16H25N3O2S/c1-11-15(22-14(4)17-11)12(2)18-21-13(3)16(20)19-9-7-5-6-8-10-19/h13H,5-10H2,1-4H3/t13-/m0/s1. The predicted octanol–water partition coefficient (Wildman–Crippen LogP) is 3.29. The van der Waals surface area contributed by atoms with Crippen molar-refractivity contribution in [2.24, 2.45) is 5.16 Å². The van der Waals surface area contributed by atoms with Crippen molar-refractivity contribution >= 4 is 23.0 Å². The molecule has 1 aromatic rings. The highest BCUT2D eigenvalue weighted by molar-refractivity contribution is 7.13. The molecule has 1 aromatic heterocycles. The minimum absolute atomic E-state index is 0.0376. The van der Waals surface area contributed by atoms with Gasteiger partial charge in [0, 0.05) is 13.1 Å². The Labute approximate surface area is 136 Å². The number of carbonyl (C=O) groups excluding carboxylic acids is 1.